The topological polar surface area (TPSA) is 55.1 Å². The molecule has 0 saturated heterocycles. The quantitative estimate of drug-likeness (QED) is 0.842. The number of nitrogens with two attached hydrogens (primary N) is 1. The van der Waals surface area contributed by atoms with Gasteiger partial charge in [0, 0.05) is 33.9 Å². The zero-order valence-electron chi connectivity index (χ0n) is 10.3. The maximum atomic E-state index is 13.4. The summed E-state index contributed by atoms with van der Waals surface area (Å²) in [7, 11) is 0. The van der Waals surface area contributed by atoms with E-state index in [1.807, 2.05) is 0 Å². The number of hydrogen-bond donors (Lipinski definition) is 2. The predicted molar refractivity (Wildman–Crippen MR) is 76.1 cm³/mol. The highest BCUT2D eigenvalue weighted by Gasteiger charge is 2.09. The van der Waals surface area contributed by atoms with Crippen molar-refractivity contribution in [3.63, 3.8) is 0 Å². The number of nitrogen functional groups attached to an aromatic ring is 1. The summed E-state index contributed by atoms with van der Waals surface area (Å²) < 4.78 is 26.8. The van der Waals surface area contributed by atoms with Gasteiger partial charge in [-0.05, 0) is 40.2 Å². The Morgan fingerprint density at radius 3 is 2.60 bits per heavy atom. The van der Waals surface area contributed by atoms with Crippen LogP contribution in [0.1, 0.15) is 15.9 Å². The van der Waals surface area contributed by atoms with Gasteiger partial charge >= 0.3 is 0 Å². The summed E-state index contributed by atoms with van der Waals surface area (Å²) in [6, 6.07) is 7.95. The Labute approximate surface area is 122 Å². The molecule has 0 aliphatic carbocycles. The zero-order valence-corrected chi connectivity index (χ0v) is 11.9. The van der Waals surface area contributed by atoms with Crippen LogP contribution in [-0.4, -0.2) is 5.91 Å². The highest BCUT2D eigenvalue weighted by atomic mass is 79.9. The van der Waals surface area contributed by atoms with Crippen LogP contribution in [0.5, 0.6) is 0 Å². The SMILES string of the molecule is Nc1ccc(C(=O)NCc2ccc(F)cc2F)cc1Br. The van der Waals surface area contributed by atoms with Gasteiger partial charge in [-0.3, -0.25) is 4.79 Å². The minimum Gasteiger partial charge on any atom is -0.398 e. The standard InChI is InChI=1S/C14H11BrF2N2O/c15-11-5-8(2-4-13(11)18)14(20)19-7-9-1-3-10(16)6-12(9)17/h1-6H,7,18H2,(H,19,20). The Bertz CT molecular complexity index is 662. The second kappa shape index (κ2) is 6.00. The minimum absolute atomic E-state index is 0.0209. The molecule has 6 heteroatoms. The Kier molecular flexibility index (Phi) is 4.34. The summed E-state index contributed by atoms with van der Waals surface area (Å²) in [5.74, 6) is -1.71. The molecule has 104 valence electrons. The number of halogens is 3. The van der Waals surface area contributed by atoms with Crippen LogP contribution in [0, 0.1) is 11.6 Å². The van der Waals surface area contributed by atoms with E-state index >= 15 is 0 Å². The third-order valence-corrected chi connectivity index (χ3v) is 3.40. The molecule has 0 radical (unpaired) electrons. The third kappa shape index (κ3) is 3.33. The lowest BCUT2D eigenvalue weighted by Gasteiger charge is -2.07. The van der Waals surface area contributed by atoms with Crippen molar-refractivity contribution in [2.75, 3.05) is 5.73 Å². The molecule has 20 heavy (non-hydrogen) atoms. The van der Waals surface area contributed by atoms with E-state index in [0.29, 0.717) is 15.7 Å². The summed E-state index contributed by atoms with van der Waals surface area (Å²) in [6.07, 6.45) is 0. The van der Waals surface area contributed by atoms with Crippen LogP contribution in [0.25, 0.3) is 0 Å². The molecule has 0 aliphatic heterocycles. The first-order chi connectivity index (χ1) is 9.47. The maximum Gasteiger partial charge on any atom is 0.251 e. The average Bonchev–Trinajstić information content (AvgIpc) is 2.40. The van der Waals surface area contributed by atoms with Gasteiger partial charge in [0.05, 0.1) is 0 Å². The fourth-order valence-corrected chi connectivity index (χ4v) is 1.99. The number of hydrogen-bond acceptors (Lipinski definition) is 2. The van der Waals surface area contributed by atoms with Crippen molar-refractivity contribution < 1.29 is 13.6 Å². The van der Waals surface area contributed by atoms with Crippen molar-refractivity contribution in [3.8, 4) is 0 Å². The van der Waals surface area contributed by atoms with E-state index in [0.717, 1.165) is 12.1 Å². The third-order valence-electron chi connectivity index (χ3n) is 2.72. The molecule has 3 N–H and O–H groups in total. The van der Waals surface area contributed by atoms with Crippen molar-refractivity contribution in [3.05, 3.63) is 63.6 Å². The van der Waals surface area contributed by atoms with Gasteiger partial charge in [-0.25, -0.2) is 8.78 Å². The molecule has 0 fully saturated rings. The molecule has 2 aromatic carbocycles. The molecule has 0 heterocycles. The van der Waals surface area contributed by atoms with E-state index in [2.05, 4.69) is 21.2 Å². The minimum atomic E-state index is -0.691. The first-order valence-electron chi connectivity index (χ1n) is 5.74. The molecule has 3 nitrogen and oxygen atoms in total. The van der Waals surface area contributed by atoms with Gasteiger partial charge in [0.15, 0.2) is 0 Å². The van der Waals surface area contributed by atoms with E-state index in [1.54, 1.807) is 18.2 Å². The van der Waals surface area contributed by atoms with Crippen molar-refractivity contribution in [1.82, 2.24) is 5.32 Å². The Morgan fingerprint density at radius 2 is 1.95 bits per heavy atom. The molecule has 0 atom stereocenters. The molecule has 2 rings (SSSR count). The molecule has 1 amide bonds. The molecule has 2 aromatic rings. The number of anilines is 1. The normalized spacial score (nSPS) is 10.3. The monoisotopic (exact) mass is 340 g/mol. The van der Waals surface area contributed by atoms with Gasteiger partial charge in [-0.2, -0.15) is 0 Å². The van der Waals surface area contributed by atoms with E-state index in [-0.39, 0.29) is 18.0 Å². The smallest absolute Gasteiger partial charge is 0.251 e. The van der Waals surface area contributed by atoms with Crippen molar-refractivity contribution in [1.29, 1.82) is 0 Å². The van der Waals surface area contributed by atoms with Crippen molar-refractivity contribution >= 4 is 27.5 Å². The number of carbonyl (C=O) groups excluding carboxylic acids is 1. The highest BCUT2D eigenvalue weighted by Crippen LogP contribution is 2.20. The summed E-state index contributed by atoms with van der Waals surface area (Å²) >= 11 is 3.22. The lowest BCUT2D eigenvalue weighted by Crippen LogP contribution is -2.23. The summed E-state index contributed by atoms with van der Waals surface area (Å²) in [6.45, 7) is -0.0209. The second-order valence-corrected chi connectivity index (χ2v) is 5.01. The zero-order chi connectivity index (χ0) is 14.7. The number of benzene rings is 2. The Morgan fingerprint density at radius 1 is 1.20 bits per heavy atom. The fraction of sp³-hybridized carbons (Fsp3) is 0.0714. The molecule has 0 aromatic heterocycles. The molecular weight excluding hydrogens is 330 g/mol. The maximum absolute atomic E-state index is 13.4. The van der Waals surface area contributed by atoms with E-state index < -0.39 is 11.6 Å². The Balaban J connectivity index is 2.06. The Hall–Kier alpha value is -1.95. The molecule has 0 aliphatic rings. The van der Waals surface area contributed by atoms with E-state index in [1.165, 1.54) is 6.07 Å². The van der Waals surface area contributed by atoms with Crippen LogP contribution < -0.4 is 11.1 Å². The fourth-order valence-electron chi connectivity index (χ4n) is 1.61. The molecule has 0 unspecified atom stereocenters. The first kappa shape index (κ1) is 14.5. The molecule has 0 saturated carbocycles. The first-order valence-corrected chi connectivity index (χ1v) is 6.54. The van der Waals surface area contributed by atoms with Crippen LogP contribution in [0.2, 0.25) is 0 Å². The van der Waals surface area contributed by atoms with Gasteiger partial charge < -0.3 is 11.1 Å². The van der Waals surface area contributed by atoms with Gasteiger partial charge in [0.2, 0.25) is 0 Å². The van der Waals surface area contributed by atoms with E-state index in [9.17, 15) is 13.6 Å². The second-order valence-electron chi connectivity index (χ2n) is 4.15. The molecular formula is C14H11BrF2N2O. The summed E-state index contributed by atoms with van der Waals surface area (Å²) in [5.41, 5.74) is 6.76. The van der Waals surface area contributed by atoms with Gasteiger partial charge in [-0.15, -0.1) is 0 Å². The predicted octanol–water partition coefficient (Wildman–Crippen LogP) is 3.24. The molecule has 0 bridgehead atoms. The summed E-state index contributed by atoms with van der Waals surface area (Å²) in [4.78, 5) is 11.9. The lowest BCUT2D eigenvalue weighted by molar-refractivity contribution is 0.0950. The largest absolute Gasteiger partial charge is 0.398 e. The average molecular weight is 341 g/mol. The van der Waals surface area contributed by atoms with Gasteiger partial charge in [-0.1, -0.05) is 6.07 Å². The van der Waals surface area contributed by atoms with Gasteiger partial charge in [0.1, 0.15) is 11.6 Å². The van der Waals surface area contributed by atoms with Crippen LogP contribution in [0.15, 0.2) is 40.9 Å². The van der Waals surface area contributed by atoms with Crippen LogP contribution in [0.4, 0.5) is 14.5 Å². The molecule has 0 spiro atoms. The number of carbonyl (C=O) groups is 1. The number of amides is 1. The van der Waals surface area contributed by atoms with Crippen LogP contribution >= 0.6 is 15.9 Å². The number of nitrogens with one attached hydrogen (secondary N) is 1. The van der Waals surface area contributed by atoms with E-state index in [4.69, 9.17) is 5.73 Å². The van der Waals surface area contributed by atoms with Crippen molar-refractivity contribution in [2.45, 2.75) is 6.54 Å². The lowest BCUT2D eigenvalue weighted by atomic mass is 10.1. The van der Waals surface area contributed by atoms with Crippen molar-refractivity contribution in [2.24, 2.45) is 0 Å². The number of rotatable bonds is 3. The van der Waals surface area contributed by atoms with Gasteiger partial charge in [0.25, 0.3) is 5.91 Å². The van der Waals surface area contributed by atoms with Crippen LogP contribution in [0.3, 0.4) is 0 Å². The van der Waals surface area contributed by atoms with Crippen LogP contribution in [-0.2, 0) is 6.54 Å². The summed E-state index contributed by atoms with van der Waals surface area (Å²) in [5, 5.41) is 2.56. The highest BCUT2D eigenvalue weighted by molar-refractivity contribution is 9.10.